The lowest BCUT2D eigenvalue weighted by Crippen LogP contribution is -2.69. The van der Waals surface area contributed by atoms with Gasteiger partial charge >= 0.3 is 11.8 Å². The number of carbonyl (C=O) groups excluding carboxylic acids is 2. The Morgan fingerprint density at radius 3 is 2.17 bits per heavy atom. The second-order valence-corrected chi connectivity index (χ2v) is 7.12. The summed E-state index contributed by atoms with van der Waals surface area (Å²) in [4.78, 5) is 25.5. The molecule has 3 fully saturated rings. The summed E-state index contributed by atoms with van der Waals surface area (Å²) in [6, 6.07) is -0.785. The lowest BCUT2D eigenvalue weighted by Gasteiger charge is -2.50. The minimum absolute atomic E-state index is 0.199. The monoisotopic (exact) mass is 352 g/mol. The number of aliphatic hydroxyl groups excluding tert-OH is 1. The van der Waals surface area contributed by atoms with E-state index in [1.807, 2.05) is 0 Å². The number of piperidine rings is 1. The first-order chi connectivity index (χ1) is 11.1. The lowest BCUT2D eigenvalue weighted by molar-refractivity contribution is -0.208. The molecular formula is C15H20F4N2O3. The van der Waals surface area contributed by atoms with Crippen molar-refractivity contribution in [1.29, 1.82) is 0 Å². The summed E-state index contributed by atoms with van der Waals surface area (Å²) in [7, 11) is 0. The summed E-state index contributed by atoms with van der Waals surface area (Å²) >= 11 is 0. The van der Waals surface area contributed by atoms with Gasteiger partial charge in [0.1, 0.15) is 6.10 Å². The first-order valence-corrected chi connectivity index (χ1v) is 8.14. The number of rotatable bonds is 1. The highest BCUT2D eigenvalue weighted by Gasteiger charge is 2.61. The highest BCUT2D eigenvalue weighted by atomic mass is 19.3. The van der Waals surface area contributed by atoms with Gasteiger partial charge in [0, 0.05) is 31.8 Å². The minimum atomic E-state index is -3.31. The van der Waals surface area contributed by atoms with E-state index >= 15 is 0 Å². The summed E-state index contributed by atoms with van der Waals surface area (Å²) in [5, 5.41) is 12.4. The Kier molecular flexibility index (Phi) is 4.05. The molecule has 2 N–H and O–H groups in total. The van der Waals surface area contributed by atoms with Crippen molar-refractivity contribution in [2.75, 3.05) is 6.54 Å². The maximum atomic E-state index is 13.9. The second-order valence-electron chi connectivity index (χ2n) is 7.12. The van der Waals surface area contributed by atoms with Crippen LogP contribution in [0, 0.1) is 0 Å². The van der Waals surface area contributed by atoms with Crippen LogP contribution in [0.2, 0.25) is 0 Å². The van der Waals surface area contributed by atoms with Crippen LogP contribution < -0.4 is 5.32 Å². The summed E-state index contributed by atoms with van der Waals surface area (Å²) in [5.41, 5.74) is -1.44. The van der Waals surface area contributed by atoms with Gasteiger partial charge in [0.05, 0.1) is 5.54 Å². The van der Waals surface area contributed by atoms with E-state index in [0.717, 1.165) is 4.90 Å². The maximum Gasteiger partial charge on any atom is 0.312 e. The first-order valence-electron chi connectivity index (χ1n) is 8.14. The number of alkyl halides is 4. The van der Waals surface area contributed by atoms with Crippen LogP contribution >= 0.6 is 0 Å². The number of nitrogens with zero attached hydrogens (tertiary/aromatic N) is 1. The van der Waals surface area contributed by atoms with Crippen LogP contribution in [0.5, 0.6) is 0 Å². The molecular weight excluding hydrogens is 332 g/mol. The van der Waals surface area contributed by atoms with E-state index in [4.69, 9.17) is 0 Å². The number of nitrogens with one attached hydrogen (secondary N) is 1. The zero-order chi connectivity index (χ0) is 17.8. The van der Waals surface area contributed by atoms with Crippen molar-refractivity contribution < 1.29 is 32.3 Å². The fourth-order valence-corrected chi connectivity index (χ4v) is 4.13. The summed E-state index contributed by atoms with van der Waals surface area (Å²) in [6.07, 6.45) is -2.26. The molecule has 2 aliphatic carbocycles. The average molecular weight is 352 g/mol. The Morgan fingerprint density at radius 2 is 1.62 bits per heavy atom. The summed E-state index contributed by atoms with van der Waals surface area (Å²) < 4.78 is 53.5. The molecule has 1 spiro atoms. The predicted molar refractivity (Wildman–Crippen MR) is 74.6 cm³/mol. The number of halogens is 4. The van der Waals surface area contributed by atoms with Gasteiger partial charge in [-0.05, 0) is 12.8 Å². The SMILES string of the molecule is O=C(NC1CC(F)(F)C1)C(=O)N1CCC(F)(F)C(O)C12CCCC2. The Hall–Kier alpha value is -1.38. The number of hydrogen-bond acceptors (Lipinski definition) is 3. The van der Waals surface area contributed by atoms with Gasteiger partial charge in [-0.3, -0.25) is 9.59 Å². The number of aliphatic hydroxyl groups is 1. The van der Waals surface area contributed by atoms with Gasteiger partial charge in [-0.1, -0.05) is 12.8 Å². The fourth-order valence-electron chi connectivity index (χ4n) is 4.13. The average Bonchev–Trinajstić information content (AvgIpc) is 2.93. The van der Waals surface area contributed by atoms with Crippen LogP contribution in [0.4, 0.5) is 17.6 Å². The predicted octanol–water partition coefficient (Wildman–Crippen LogP) is 1.44. The topological polar surface area (TPSA) is 69.6 Å². The van der Waals surface area contributed by atoms with Crippen molar-refractivity contribution in [2.45, 2.75) is 74.5 Å². The van der Waals surface area contributed by atoms with Crippen molar-refractivity contribution in [1.82, 2.24) is 10.2 Å². The van der Waals surface area contributed by atoms with E-state index < -0.39 is 60.6 Å². The molecule has 3 rings (SSSR count). The van der Waals surface area contributed by atoms with E-state index in [-0.39, 0.29) is 19.4 Å². The second kappa shape index (κ2) is 5.57. The zero-order valence-electron chi connectivity index (χ0n) is 13.0. The quantitative estimate of drug-likeness (QED) is 0.554. The van der Waals surface area contributed by atoms with Crippen LogP contribution in [0.15, 0.2) is 0 Å². The third-order valence-electron chi connectivity index (χ3n) is 5.45. The Labute approximate surface area is 136 Å². The van der Waals surface area contributed by atoms with Crippen LogP contribution in [-0.2, 0) is 9.59 Å². The molecule has 0 aromatic carbocycles. The van der Waals surface area contributed by atoms with Crippen molar-refractivity contribution in [3.05, 3.63) is 0 Å². The van der Waals surface area contributed by atoms with Crippen LogP contribution in [0.25, 0.3) is 0 Å². The molecule has 1 heterocycles. The van der Waals surface area contributed by atoms with Gasteiger partial charge in [0.2, 0.25) is 0 Å². The molecule has 0 aromatic rings. The Balaban J connectivity index is 1.72. The number of amides is 2. The molecule has 2 saturated carbocycles. The van der Waals surface area contributed by atoms with E-state index in [9.17, 15) is 32.3 Å². The zero-order valence-corrected chi connectivity index (χ0v) is 13.0. The standard InChI is InChI=1S/C15H20F4N2O3/c16-14(17)7-9(8-14)20-10(22)11(23)21-6-5-15(18,19)12(24)13(21)3-1-2-4-13/h9,12,24H,1-8H2,(H,20,22). The fraction of sp³-hybridized carbons (Fsp3) is 0.867. The van der Waals surface area contributed by atoms with Gasteiger partial charge in [0.15, 0.2) is 0 Å². The third-order valence-corrected chi connectivity index (χ3v) is 5.45. The van der Waals surface area contributed by atoms with E-state index in [0.29, 0.717) is 12.8 Å². The highest BCUT2D eigenvalue weighted by molar-refractivity contribution is 6.35. The number of likely N-dealkylation sites (tertiary alicyclic amines) is 1. The molecule has 9 heteroatoms. The molecule has 5 nitrogen and oxygen atoms in total. The Morgan fingerprint density at radius 1 is 1.04 bits per heavy atom. The van der Waals surface area contributed by atoms with Crippen LogP contribution in [0.3, 0.4) is 0 Å². The van der Waals surface area contributed by atoms with Gasteiger partial charge < -0.3 is 15.3 Å². The normalized spacial score (nSPS) is 30.9. The van der Waals surface area contributed by atoms with Gasteiger partial charge in [-0.15, -0.1) is 0 Å². The molecule has 0 aromatic heterocycles. The van der Waals surface area contributed by atoms with Crippen molar-refractivity contribution in [3.63, 3.8) is 0 Å². The van der Waals surface area contributed by atoms with Crippen molar-refractivity contribution in [2.24, 2.45) is 0 Å². The number of hydrogen-bond donors (Lipinski definition) is 2. The first kappa shape index (κ1) is 17.4. The van der Waals surface area contributed by atoms with Crippen molar-refractivity contribution in [3.8, 4) is 0 Å². The molecule has 3 aliphatic rings. The molecule has 0 radical (unpaired) electrons. The van der Waals surface area contributed by atoms with Gasteiger partial charge in [-0.2, -0.15) is 0 Å². The van der Waals surface area contributed by atoms with E-state index in [1.54, 1.807) is 0 Å². The van der Waals surface area contributed by atoms with Crippen LogP contribution in [0.1, 0.15) is 44.9 Å². The molecule has 1 unspecified atom stereocenters. The van der Waals surface area contributed by atoms with Crippen LogP contribution in [-0.4, -0.2) is 57.9 Å². The summed E-state index contributed by atoms with van der Waals surface area (Å²) in [6.45, 7) is -0.336. The van der Waals surface area contributed by atoms with Crippen molar-refractivity contribution >= 4 is 11.8 Å². The Bertz CT molecular complexity index is 541. The van der Waals surface area contributed by atoms with E-state index in [2.05, 4.69) is 5.32 Å². The van der Waals surface area contributed by atoms with E-state index in [1.165, 1.54) is 0 Å². The molecule has 2 amide bonds. The number of carbonyl (C=O) groups is 2. The lowest BCUT2D eigenvalue weighted by atomic mass is 9.79. The molecule has 136 valence electrons. The minimum Gasteiger partial charge on any atom is -0.384 e. The van der Waals surface area contributed by atoms with Gasteiger partial charge in [-0.25, -0.2) is 17.6 Å². The molecule has 1 aliphatic heterocycles. The largest absolute Gasteiger partial charge is 0.384 e. The molecule has 24 heavy (non-hydrogen) atoms. The summed E-state index contributed by atoms with van der Waals surface area (Å²) in [5.74, 6) is -8.24. The molecule has 1 atom stereocenters. The molecule has 0 bridgehead atoms. The smallest absolute Gasteiger partial charge is 0.312 e. The highest BCUT2D eigenvalue weighted by Crippen LogP contribution is 2.47. The third kappa shape index (κ3) is 2.76. The maximum absolute atomic E-state index is 13.9. The molecule has 1 saturated heterocycles. The van der Waals surface area contributed by atoms with Gasteiger partial charge in [0.25, 0.3) is 11.8 Å².